The fraction of sp³-hybridized carbons (Fsp3) is 0.583. The third-order valence-electron chi connectivity index (χ3n) is 2.99. The van der Waals surface area contributed by atoms with Crippen LogP contribution < -0.4 is 10.6 Å². The van der Waals surface area contributed by atoms with Crippen LogP contribution in [-0.4, -0.2) is 25.8 Å². The summed E-state index contributed by atoms with van der Waals surface area (Å²) in [6.45, 7) is 1.13. The minimum Gasteiger partial charge on any atom is -0.383 e. The van der Waals surface area contributed by atoms with Crippen LogP contribution in [0.2, 0.25) is 0 Å². The zero-order chi connectivity index (χ0) is 13.0. The van der Waals surface area contributed by atoms with E-state index in [2.05, 4.69) is 26.6 Å². The lowest BCUT2D eigenvalue weighted by Crippen LogP contribution is -2.45. The molecular weight excluding hydrogens is 316 g/mol. The smallest absolute Gasteiger partial charge is 0.315 e. The number of urea groups is 1. The molecule has 6 heteroatoms. The monoisotopic (exact) mass is 332 g/mol. The molecule has 100 valence electrons. The van der Waals surface area contributed by atoms with E-state index in [-0.39, 0.29) is 12.1 Å². The topological polar surface area (TPSA) is 50.4 Å². The summed E-state index contributed by atoms with van der Waals surface area (Å²) in [5.74, 6) is 0.587. The van der Waals surface area contributed by atoms with Crippen molar-refractivity contribution in [1.29, 1.82) is 0 Å². The quantitative estimate of drug-likeness (QED) is 0.841. The molecule has 1 heterocycles. The van der Waals surface area contributed by atoms with Crippen LogP contribution in [-0.2, 0) is 11.3 Å². The first-order chi connectivity index (χ1) is 8.70. The summed E-state index contributed by atoms with van der Waals surface area (Å²) >= 11 is 5.07. The van der Waals surface area contributed by atoms with E-state index in [9.17, 15) is 4.79 Å². The Labute approximate surface area is 119 Å². The van der Waals surface area contributed by atoms with Gasteiger partial charge in [-0.2, -0.15) is 0 Å². The van der Waals surface area contributed by atoms with Gasteiger partial charge in [0.1, 0.15) is 0 Å². The van der Waals surface area contributed by atoms with Crippen molar-refractivity contribution >= 4 is 33.3 Å². The maximum Gasteiger partial charge on any atom is 0.315 e. The van der Waals surface area contributed by atoms with Crippen LogP contribution in [0.3, 0.4) is 0 Å². The summed E-state index contributed by atoms with van der Waals surface area (Å²) in [6.07, 6.45) is 2.37. The average Bonchev–Trinajstić information content (AvgIpc) is 3.10. The Morgan fingerprint density at radius 2 is 2.44 bits per heavy atom. The van der Waals surface area contributed by atoms with E-state index in [1.165, 1.54) is 12.8 Å². The molecule has 0 bridgehead atoms. The van der Waals surface area contributed by atoms with Crippen LogP contribution in [0.4, 0.5) is 4.79 Å². The highest BCUT2D eigenvalue weighted by atomic mass is 79.9. The van der Waals surface area contributed by atoms with Crippen molar-refractivity contribution in [2.45, 2.75) is 25.4 Å². The van der Waals surface area contributed by atoms with Crippen LogP contribution in [0.1, 0.15) is 18.4 Å². The van der Waals surface area contributed by atoms with Crippen LogP contribution in [0.5, 0.6) is 0 Å². The molecule has 2 rings (SSSR count). The molecule has 4 nitrogen and oxygen atoms in total. The van der Waals surface area contributed by atoms with Gasteiger partial charge in [0.2, 0.25) is 0 Å². The standard InChI is InChI=1S/C12H17BrN2O2S/c1-17-7-10(8-2-3-8)15-12(16)14-6-9-4-5-18-11(9)13/h4-5,8,10H,2-3,6-7H2,1H3,(H2,14,15,16)/t10-/m1/s1. The Morgan fingerprint density at radius 3 is 3.00 bits per heavy atom. The Hall–Kier alpha value is -0.590. The van der Waals surface area contributed by atoms with E-state index in [1.807, 2.05) is 11.4 Å². The summed E-state index contributed by atoms with van der Waals surface area (Å²) < 4.78 is 6.20. The van der Waals surface area contributed by atoms with Crippen molar-refractivity contribution < 1.29 is 9.53 Å². The fourth-order valence-electron chi connectivity index (χ4n) is 1.81. The third kappa shape index (κ3) is 3.96. The first kappa shape index (κ1) is 13.8. The van der Waals surface area contributed by atoms with E-state index in [4.69, 9.17) is 4.74 Å². The highest BCUT2D eigenvalue weighted by Gasteiger charge is 2.32. The molecular formula is C12H17BrN2O2S. The van der Waals surface area contributed by atoms with Gasteiger partial charge < -0.3 is 15.4 Å². The molecule has 1 atom stereocenters. The molecule has 0 unspecified atom stereocenters. The molecule has 2 N–H and O–H groups in total. The van der Waals surface area contributed by atoms with Gasteiger partial charge in [-0.05, 0) is 51.7 Å². The Morgan fingerprint density at radius 1 is 1.67 bits per heavy atom. The molecule has 1 saturated carbocycles. The number of methoxy groups -OCH3 is 1. The van der Waals surface area contributed by atoms with Gasteiger partial charge in [-0.25, -0.2) is 4.79 Å². The number of ether oxygens (including phenoxy) is 1. The zero-order valence-corrected chi connectivity index (χ0v) is 12.6. The molecule has 1 aromatic heterocycles. The Balaban J connectivity index is 1.75. The van der Waals surface area contributed by atoms with E-state index in [0.29, 0.717) is 19.1 Å². The summed E-state index contributed by atoms with van der Waals surface area (Å²) in [5.41, 5.74) is 1.10. The summed E-state index contributed by atoms with van der Waals surface area (Å²) in [5, 5.41) is 7.84. The summed E-state index contributed by atoms with van der Waals surface area (Å²) in [7, 11) is 1.66. The molecule has 1 aromatic rings. The predicted molar refractivity (Wildman–Crippen MR) is 75.8 cm³/mol. The lowest BCUT2D eigenvalue weighted by molar-refractivity contribution is 0.157. The second-order valence-electron chi connectivity index (χ2n) is 4.45. The first-order valence-corrected chi connectivity index (χ1v) is 7.63. The molecule has 0 aromatic carbocycles. The van der Waals surface area contributed by atoms with Crippen molar-refractivity contribution in [3.63, 3.8) is 0 Å². The van der Waals surface area contributed by atoms with Gasteiger partial charge in [-0.15, -0.1) is 11.3 Å². The number of carbonyl (C=O) groups is 1. The normalized spacial score (nSPS) is 16.3. The number of hydrogen-bond donors (Lipinski definition) is 2. The van der Waals surface area contributed by atoms with E-state index >= 15 is 0 Å². The van der Waals surface area contributed by atoms with E-state index < -0.39 is 0 Å². The second kappa shape index (κ2) is 6.54. The lowest BCUT2D eigenvalue weighted by Gasteiger charge is -2.17. The Bertz CT molecular complexity index is 407. The molecule has 1 aliphatic carbocycles. The highest BCUT2D eigenvalue weighted by molar-refractivity contribution is 9.11. The summed E-state index contributed by atoms with van der Waals surface area (Å²) in [4.78, 5) is 11.8. The first-order valence-electron chi connectivity index (χ1n) is 5.96. The number of amides is 2. The predicted octanol–water partition coefficient (Wildman–Crippen LogP) is 2.73. The van der Waals surface area contributed by atoms with Crippen molar-refractivity contribution in [2.75, 3.05) is 13.7 Å². The number of nitrogens with one attached hydrogen (secondary N) is 2. The molecule has 0 saturated heterocycles. The molecule has 1 aliphatic rings. The van der Waals surface area contributed by atoms with Crippen molar-refractivity contribution in [2.24, 2.45) is 5.92 Å². The van der Waals surface area contributed by atoms with Crippen LogP contribution in [0.25, 0.3) is 0 Å². The van der Waals surface area contributed by atoms with Crippen molar-refractivity contribution in [1.82, 2.24) is 10.6 Å². The fourth-order valence-corrected chi connectivity index (χ4v) is 3.05. The largest absolute Gasteiger partial charge is 0.383 e. The second-order valence-corrected chi connectivity index (χ2v) is 6.68. The number of hydrogen-bond acceptors (Lipinski definition) is 3. The lowest BCUT2D eigenvalue weighted by atomic mass is 10.2. The van der Waals surface area contributed by atoms with E-state index in [1.54, 1.807) is 18.4 Å². The van der Waals surface area contributed by atoms with Gasteiger partial charge in [0, 0.05) is 13.7 Å². The third-order valence-corrected chi connectivity index (χ3v) is 4.80. The number of rotatable bonds is 6. The van der Waals surface area contributed by atoms with Gasteiger partial charge in [0.15, 0.2) is 0 Å². The maximum absolute atomic E-state index is 11.8. The summed E-state index contributed by atoms with van der Waals surface area (Å²) in [6, 6.07) is 2.02. The van der Waals surface area contributed by atoms with Gasteiger partial charge in [0.05, 0.1) is 16.4 Å². The molecule has 0 radical (unpaired) electrons. The number of halogens is 1. The SMILES string of the molecule is COC[C@@H](NC(=O)NCc1ccsc1Br)C1CC1. The molecule has 0 spiro atoms. The zero-order valence-electron chi connectivity index (χ0n) is 10.2. The van der Waals surface area contributed by atoms with E-state index in [0.717, 1.165) is 9.35 Å². The van der Waals surface area contributed by atoms with Crippen LogP contribution in [0, 0.1) is 5.92 Å². The number of carbonyl (C=O) groups excluding carboxylic acids is 1. The molecule has 1 fully saturated rings. The molecule has 18 heavy (non-hydrogen) atoms. The number of thiophene rings is 1. The van der Waals surface area contributed by atoms with Gasteiger partial charge >= 0.3 is 6.03 Å². The molecule has 2 amide bonds. The van der Waals surface area contributed by atoms with Crippen molar-refractivity contribution in [3.8, 4) is 0 Å². The molecule has 0 aliphatic heterocycles. The highest BCUT2D eigenvalue weighted by Crippen LogP contribution is 2.32. The minimum absolute atomic E-state index is 0.123. The van der Waals surface area contributed by atoms with Gasteiger partial charge in [0.25, 0.3) is 0 Å². The Kier molecular flexibility index (Phi) is 5.03. The van der Waals surface area contributed by atoms with Crippen LogP contribution >= 0.6 is 27.3 Å². The van der Waals surface area contributed by atoms with Gasteiger partial charge in [-0.1, -0.05) is 0 Å². The van der Waals surface area contributed by atoms with Crippen molar-refractivity contribution in [3.05, 3.63) is 20.8 Å². The minimum atomic E-state index is -0.123. The van der Waals surface area contributed by atoms with Crippen LogP contribution in [0.15, 0.2) is 15.2 Å². The maximum atomic E-state index is 11.8. The average molecular weight is 333 g/mol. The van der Waals surface area contributed by atoms with Gasteiger partial charge in [-0.3, -0.25) is 0 Å².